The van der Waals surface area contributed by atoms with Crippen LogP contribution in [0.5, 0.6) is 17.4 Å². The van der Waals surface area contributed by atoms with Gasteiger partial charge in [0.05, 0.1) is 7.11 Å². The number of anilines is 1. The summed E-state index contributed by atoms with van der Waals surface area (Å²) in [6, 6.07) is 9.00. The van der Waals surface area contributed by atoms with Gasteiger partial charge in [-0.3, -0.25) is 0 Å². The monoisotopic (exact) mass is 272 g/mol. The second kappa shape index (κ2) is 5.34. The molecule has 6 heteroatoms. The van der Waals surface area contributed by atoms with Crippen LogP contribution in [-0.2, 0) is 0 Å². The Hall–Kier alpha value is -2.34. The highest BCUT2D eigenvalue weighted by molar-refractivity contribution is 5.40. The van der Waals surface area contributed by atoms with E-state index < -0.39 is 0 Å². The first-order chi connectivity index (χ1) is 9.78. The maximum atomic E-state index is 5.74. The summed E-state index contributed by atoms with van der Waals surface area (Å²) < 4.78 is 10.8. The van der Waals surface area contributed by atoms with E-state index in [2.05, 4.69) is 15.4 Å². The summed E-state index contributed by atoms with van der Waals surface area (Å²) in [5.74, 6) is 9.16. The molecule has 1 fully saturated rings. The van der Waals surface area contributed by atoms with Crippen LogP contribution in [0.1, 0.15) is 24.6 Å². The third kappa shape index (κ3) is 2.80. The molecule has 3 rings (SSSR count). The Labute approximate surface area is 116 Å². The van der Waals surface area contributed by atoms with Gasteiger partial charge >= 0.3 is 0 Å². The lowest BCUT2D eigenvalue weighted by Crippen LogP contribution is -2.10. The van der Waals surface area contributed by atoms with Crippen LogP contribution in [0.25, 0.3) is 0 Å². The largest absolute Gasteiger partial charge is 0.497 e. The number of nitrogens with two attached hydrogens (primary N) is 1. The maximum absolute atomic E-state index is 5.74. The van der Waals surface area contributed by atoms with Gasteiger partial charge in [-0.25, -0.2) is 10.8 Å². The number of nitrogens with zero attached hydrogens (tertiary/aromatic N) is 2. The number of rotatable bonds is 5. The van der Waals surface area contributed by atoms with E-state index in [9.17, 15) is 0 Å². The van der Waals surface area contributed by atoms with Crippen LogP contribution >= 0.6 is 0 Å². The SMILES string of the molecule is COc1ccc(Oc2cc(NN)nc(C3CC3)n2)cc1. The fourth-order valence-corrected chi connectivity index (χ4v) is 1.86. The molecule has 1 heterocycles. The number of hydrogen-bond donors (Lipinski definition) is 2. The van der Waals surface area contributed by atoms with Crippen molar-refractivity contribution >= 4 is 5.82 Å². The first-order valence-corrected chi connectivity index (χ1v) is 6.46. The molecule has 1 aliphatic carbocycles. The van der Waals surface area contributed by atoms with Gasteiger partial charge < -0.3 is 14.9 Å². The van der Waals surface area contributed by atoms with Crippen molar-refractivity contribution in [3.8, 4) is 17.4 Å². The average molecular weight is 272 g/mol. The molecular formula is C14H16N4O2. The molecule has 104 valence electrons. The molecule has 0 unspecified atom stereocenters. The van der Waals surface area contributed by atoms with Crippen molar-refractivity contribution < 1.29 is 9.47 Å². The van der Waals surface area contributed by atoms with E-state index in [1.807, 2.05) is 24.3 Å². The molecule has 0 amide bonds. The molecule has 0 saturated heterocycles. The van der Waals surface area contributed by atoms with E-state index >= 15 is 0 Å². The van der Waals surface area contributed by atoms with E-state index in [0.717, 1.165) is 24.4 Å². The molecule has 0 bridgehead atoms. The van der Waals surface area contributed by atoms with Crippen LogP contribution in [0.4, 0.5) is 5.82 Å². The topological polar surface area (TPSA) is 82.3 Å². The van der Waals surface area contributed by atoms with Crippen LogP contribution in [-0.4, -0.2) is 17.1 Å². The fraction of sp³-hybridized carbons (Fsp3) is 0.286. The summed E-state index contributed by atoms with van der Waals surface area (Å²) in [4.78, 5) is 8.76. The number of methoxy groups -OCH3 is 1. The number of hydrazine groups is 1. The van der Waals surface area contributed by atoms with Crippen LogP contribution in [0.15, 0.2) is 30.3 Å². The van der Waals surface area contributed by atoms with Crippen molar-refractivity contribution in [3.05, 3.63) is 36.2 Å². The highest BCUT2D eigenvalue weighted by Crippen LogP contribution is 2.39. The van der Waals surface area contributed by atoms with Crippen molar-refractivity contribution in [2.45, 2.75) is 18.8 Å². The minimum Gasteiger partial charge on any atom is -0.497 e. The second-order valence-electron chi connectivity index (χ2n) is 4.65. The molecule has 1 saturated carbocycles. The molecular weight excluding hydrogens is 256 g/mol. The number of aromatic nitrogens is 2. The van der Waals surface area contributed by atoms with Gasteiger partial charge in [0, 0.05) is 12.0 Å². The molecule has 1 aromatic carbocycles. The lowest BCUT2D eigenvalue weighted by Gasteiger charge is -2.09. The lowest BCUT2D eigenvalue weighted by atomic mass is 10.3. The zero-order valence-corrected chi connectivity index (χ0v) is 11.2. The van der Waals surface area contributed by atoms with E-state index in [-0.39, 0.29) is 0 Å². The van der Waals surface area contributed by atoms with Gasteiger partial charge in [-0.05, 0) is 37.1 Å². The highest BCUT2D eigenvalue weighted by atomic mass is 16.5. The van der Waals surface area contributed by atoms with E-state index in [1.165, 1.54) is 0 Å². The Bertz CT molecular complexity index is 597. The minimum absolute atomic E-state index is 0.432. The molecule has 20 heavy (non-hydrogen) atoms. The number of nitrogen functional groups attached to an aromatic ring is 1. The minimum atomic E-state index is 0.432. The van der Waals surface area contributed by atoms with Gasteiger partial charge in [-0.15, -0.1) is 0 Å². The van der Waals surface area contributed by atoms with E-state index in [1.54, 1.807) is 13.2 Å². The first kappa shape index (κ1) is 12.7. The van der Waals surface area contributed by atoms with Crippen molar-refractivity contribution in [2.24, 2.45) is 5.84 Å². The number of hydrogen-bond acceptors (Lipinski definition) is 6. The number of benzene rings is 1. The standard InChI is InChI=1S/C14H16N4O2/c1-19-10-4-6-11(7-5-10)20-13-8-12(18-15)16-14(17-13)9-2-3-9/h4-9H,2-3,15H2,1H3,(H,16,17,18). The van der Waals surface area contributed by atoms with Crippen molar-refractivity contribution in [1.29, 1.82) is 0 Å². The van der Waals surface area contributed by atoms with Crippen LogP contribution < -0.4 is 20.7 Å². The van der Waals surface area contributed by atoms with Gasteiger partial charge in [-0.2, -0.15) is 4.98 Å². The predicted molar refractivity (Wildman–Crippen MR) is 74.9 cm³/mol. The number of ether oxygens (including phenoxy) is 2. The van der Waals surface area contributed by atoms with Gasteiger partial charge in [0.25, 0.3) is 0 Å². The van der Waals surface area contributed by atoms with Gasteiger partial charge in [0.2, 0.25) is 5.88 Å². The summed E-state index contributed by atoms with van der Waals surface area (Å²) in [6.07, 6.45) is 2.24. The first-order valence-electron chi connectivity index (χ1n) is 6.46. The molecule has 1 aliphatic rings. The molecule has 3 N–H and O–H groups in total. The Kier molecular flexibility index (Phi) is 3.39. The van der Waals surface area contributed by atoms with Crippen molar-refractivity contribution in [1.82, 2.24) is 9.97 Å². The van der Waals surface area contributed by atoms with E-state index in [0.29, 0.717) is 23.4 Å². The van der Waals surface area contributed by atoms with Crippen LogP contribution in [0.2, 0.25) is 0 Å². The van der Waals surface area contributed by atoms with Crippen LogP contribution in [0.3, 0.4) is 0 Å². The third-order valence-electron chi connectivity index (χ3n) is 3.09. The second-order valence-corrected chi connectivity index (χ2v) is 4.65. The van der Waals surface area contributed by atoms with Crippen molar-refractivity contribution in [2.75, 3.05) is 12.5 Å². The Morgan fingerprint density at radius 1 is 1.15 bits per heavy atom. The quantitative estimate of drug-likeness (QED) is 0.642. The summed E-state index contributed by atoms with van der Waals surface area (Å²) in [7, 11) is 1.63. The molecule has 0 atom stereocenters. The Morgan fingerprint density at radius 3 is 2.45 bits per heavy atom. The smallest absolute Gasteiger partial charge is 0.224 e. The average Bonchev–Trinajstić information content (AvgIpc) is 3.32. The van der Waals surface area contributed by atoms with Crippen molar-refractivity contribution in [3.63, 3.8) is 0 Å². The summed E-state index contributed by atoms with van der Waals surface area (Å²) in [6.45, 7) is 0. The summed E-state index contributed by atoms with van der Waals surface area (Å²) in [5, 5.41) is 0. The summed E-state index contributed by atoms with van der Waals surface area (Å²) in [5.41, 5.74) is 2.54. The third-order valence-corrected chi connectivity index (χ3v) is 3.09. The fourth-order valence-electron chi connectivity index (χ4n) is 1.86. The summed E-state index contributed by atoms with van der Waals surface area (Å²) >= 11 is 0. The number of nitrogens with one attached hydrogen (secondary N) is 1. The highest BCUT2D eigenvalue weighted by Gasteiger charge is 2.27. The predicted octanol–water partition coefficient (Wildman–Crippen LogP) is 2.44. The molecule has 0 spiro atoms. The molecule has 2 aromatic rings. The normalized spacial score (nSPS) is 13.9. The van der Waals surface area contributed by atoms with Crippen LogP contribution in [0, 0.1) is 0 Å². The molecule has 6 nitrogen and oxygen atoms in total. The zero-order valence-electron chi connectivity index (χ0n) is 11.2. The molecule has 0 radical (unpaired) electrons. The molecule has 0 aliphatic heterocycles. The van der Waals surface area contributed by atoms with Gasteiger partial charge in [0.15, 0.2) is 0 Å². The van der Waals surface area contributed by atoms with Gasteiger partial charge in [0.1, 0.15) is 23.1 Å². The molecule has 1 aromatic heterocycles. The maximum Gasteiger partial charge on any atom is 0.224 e. The zero-order chi connectivity index (χ0) is 13.9. The lowest BCUT2D eigenvalue weighted by molar-refractivity contribution is 0.412. The van der Waals surface area contributed by atoms with E-state index in [4.69, 9.17) is 15.3 Å². The Balaban J connectivity index is 1.83. The van der Waals surface area contributed by atoms with Gasteiger partial charge in [-0.1, -0.05) is 0 Å². The Morgan fingerprint density at radius 2 is 1.85 bits per heavy atom.